The number of nitrogens with zero attached hydrogens (tertiary/aromatic N) is 1. The summed E-state index contributed by atoms with van der Waals surface area (Å²) in [6, 6.07) is 14.2. The number of fused-ring (bicyclic) bond motifs is 1. The van der Waals surface area contributed by atoms with Crippen molar-refractivity contribution in [1.82, 2.24) is 0 Å². The molecule has 3 rings (SSSR count). The summed E-state index contributed by atoms with van der Waals surface area (Å²) in [4.78, 5) is 23.2. The molecule has 1 aromatic heterocycles. The van der Waals surface area contributed by atoms with E-state index in [4.69, 9.17) is 0 Å². The average Bonchev–Trinajstić information content (AvgIpc) is 2.92. The number of nitrogens with one attached hydrogen (secondary N) is 1. The molecule has 0 radical (unpaired) electrons. The number of anilines is 1. The van der Waals surface area contributed by atoms with Gasteiger partial charge in [-0.2, -0.15) is 0 Å². The molecule has 0 saturated carbocycles. The second kappa shape index (κ2) is 5.46. The highest BCUT2D eigenvalue weighted by Gasteiger charge is 2.19. The van der Waals surface area contributed by atoms with Crippen LogP contribution in [0.4, 0.5) is 10.7 Å². The van der Waals surface area contributed by atoms with E-state index in [-0.39, 0.29) is 5.78 Å². The Kier molecular flexibility index (Phi) is 3.50. The molecule has 1 heterocycles. The summed E-state index contributed by atoms with van der Waals surface area (Å²) < 4.78 is 1.07. The topological polar surface area (TPSA) is 58.5 Å². The third kappa shape index (κ3) is 2.32. The number of ketones is 1. The average molecular weight is 296 g/mol. The maximum atomic E-state index is 12.8. The highest BCUT2D eigenvalue weighted by atomic mass is 32.1. The summed E-state index contributed by atoms with van der Waals surface area (Å²) in [5.74, 6) is -0.0609. The van der Waals surface area contributed by atoms with Crippen molar-refractivity contribution in [3.63, 3.8) is 0 Å². The van der Waals surface area contributed by atoms with Crippen LogP contribution in [0.15, 0.2) is 53.7 Å². The fraction of sp³-hybridized carbons (Fsp3) is 0.0625. The van der Waals surface area contributed by atoms with E-state index in [1.165, 1.54) is 0 Å². The molecule has 4 nitrogen and oxygen atoms in total. The number of nitroso groups, excluding NO2 is 1. The van der Waals surface area contributed by atoms with Gasteiger partial charge in [0.15, 0.2) is 5.78 Å². The molecule has 0 atom stereocenters. The molecule has 0 aliphatic carbocycles. The normalized spacial score (nSPS) is 10.5. The van der Waals surface area contributed by atoms with Crippen LogP contribution in [-0.4, -0.2) is 12.8 Å². The Hall–Kier alpha value is -2.53. The van der Waals surface area contributed by atoms with Crippen molar-refractivity contribution in [2.75, 3.05) is 12.4 Å². The van der Waals surface area contributed by atoms with Crippen LogP contribution in [0.3, 0.4) is 0 Å². The van der Waals surface area contributed by atoms with Crippen molar-refractivity contribution in [2.24, 2.45) is 5.18 Å². The second-order valence-corrected chi connectivity index (χ2v) is 5.57. The Morgan fingerprint density at radius 1 is 1.10 bits per heavy atom. The molecule has 104 valence electrons. The van der Waals surface area contributed by atoms with Gasteiger partial charge in [-0.25, -0.2) is 0 Å². The van der Waals surface area contributed by atoms with E-state index in [1.54, 1.807) is 42.6 Å². The molecular formula is C16H12N2O2S. The number of benzene rings is 2. The van der Waals surface area contributed by atoms with Gasteiger partial charge in [-0.15, -0.1) is 16.2 Å². The standard InChI is InChI=1S/C16H12N2O2S/c1-17-16-14(12-4-2-3-5-13(12)21-16)15(19)10-6-8-11(18-20)9-7-10/h2-9,17H,1H3. The zero-order valence-electron chi connectivity index (χ0n) is 11.3. The van der Waals surface area contributed by atoms with Crippen molar-refractivity contribution in [2.45, 2.75) is 0 Å². The van der Waals surface area contributed by atoms with Crippen molar-refractivity contribution in [3.8, 4) is 0 Å². The molecule has 0 aliphatic heterocycles. The SMILES string of the molecule is CNc1sc2ccccc2c1C(=O)c1ccc(N=O)cc1. The molecule has 0 fully saturated rings. The summed E-state index contributed by atoms with van der Waals surface area (Å²) >= 11 is 1.55. The van der Waals surface area contributed by atoms with Gasteiger partial charge in [0, 0.05) is 22.7 Å². The quantitative estimate of drug-likeness (QED) is 0.566. The molecule has 0 aliphatic rings. The third-order valence-electron chi connectivity index (χ3n) is 3.28. The number of carbonyl (C=O) groups excluding carboxylic acids is 1. The minimum Gasteiger partial charge on any atom is -0.379 e. The van der Waals surface area contributed by atoms with E-state index in [9.17, 15) is 9.70 Å². The predicted molar refractivity (Wildman–Crippen MR) is 86.7 cm³/mol. The van der Waals surface area contributed by atoms with Crippen LogP contribution in [0.5, 0.6) is 0 Å². The Balaban J connectivity index is 2.13. The molecule has 5 heteroatoms. The summed E-state index contributed by atoms with van der Waals surface area (Å²) in [6.45, 7) is 0. The lowest BCUT2D eigenvalue weighted by Crippen LogP contribution is -2.03. The van der Waals surface area contributed by atoms with Gasteiger partial charge in [-0.3, -0.25) is 4.79 Å². The summed E-state index contributed by atoms with van der Waals surface area (Å²) in [5.41, 5.74) is 1.53. The molecule has 2 aromatic carbocycles. The molecule has 0 unspecified atom stereocenters. The predicted octanol–water partition coefficient (Wildman–Crippen LogP) is 4.57. The Labute approximate surface area is 125 Å². The number of thiophene rings is 1. The zero-order chi connectivity index (χ0) is 14.8. The molecule has 3 aromatic rings. The first-order chi connectivity index (χ1) is 10.2. The van der Waals surface area contributed by atoms with Crippen molar-refractivity contribution in [1.29, 1.82) is 0 Å². The lowest BCUT2D eigenvalue weighted by atomic mass is 10.0. The summed E-state index contributed by atoms with van der Waals surface area (Å²) in [6.07, 6.45) is 0. The highest BCUT2D eigenvalue weighted by molar-refractivity contribution is 7.23. The minimum absolute atomic E-state index is 0.0609. The largest absolute Gasteiger partial charge is 0.379 e. The number of hydrogen-bond donors (Lipinski definition) is 1. The lowest BCUT2D eigenvalue weighted by molar-refractivity contribution is 0.104. The van der Waals surface area contributed by atoms with Gasteiger partial charge in [0.1, 0.15) is 10.7 Å². The van der Waals surface area contributed by atoms with Gasteiger partial charge < -0.3 is 5.32 Å². The van der Waals surface area contributed by atoms with E-state index in [1.807, 2.05) is 24.3 Å². The second-order valence-electron chi connectivity index (χ2n) is 4.52. The van der Waals surface area contributed by atoms with Gasteiger partial charge in [-0.05, 0) is 35.5 Å². The van der Waals surface area contributed by atoms with Crippen molar-refractivity contribution in [3.05, 3.63) is 64.6 Å². The van der Waals surface area contributed by atoms with Crippen LogP contribution in [0.25, 0.3) is 10.1 Å². The zero-order valence-corrected chi connectivity index (χ0v) is 12.1. The summed E-state index contributed by atoms with van der Waals surface area (Å²) in [5, 5.41) is 7.72. The number of carbonyl (C=O) groups is 1. The number of hydrogen-bond acceptors (Lipinski definition) is 5. The van der Waals surface area contributed by atoms with E-state index in [0.29, 0.717) is 16.8 Å². The van der Waals surface area contributed by atoms with Gasteiger partial charge in [0.25, 0.3) is 0 Å². The lowest BCUT2D eigenvalue weighted by Gasteiger charge is -2.04. The first-order valence-electron chi connectivity index (χ1n) is 6.42. The van der Waals surface area contributed by atoms with Crippen LogP contribution in [0, 0.1) is 4.91 Å². The highest BCUT2D eigenvalue weighted by Crippen LogP contribution is 2.36. The molecule has 1 N–H and O–H groups in total. The first-order valence-corrected chi connectivity index (χ1v) is 7.23. The molecule has 0 bridgehead atoms. The Morgan fingerprint density at radius 2 is 1.81 bits per heavy atom. The van der Waals surface area contributed by atoms with E-state index >= 15 is 0 Å². The maximum Gasteiger partial charge on any atom is 0.196 e. The van der Waals surface area contributed by atoms with Crippen molar-refractivity contribution < 1.29 is 4.79 Å². The Morgan fingerprint density at radius 3 is 2.48 bits per heavy atom. The van der Waals surface area contributed by atoms with Gasteiger partial charge in [-0.1, -0.05) is 18.2 Å². The monoisotopic (exact) mass is 296 g/mol. The van der Waals surface area contributed by atoms with E-state index in [0.717, 1.165) is 15.1 Å². The fourth-order valence-corrected chi connectivity index (χ4v) is 3.32. The van der Waals surface area contributed by atoms with Crippen LogP contribution >= 0.6 is 11.3 Å². The molecule has 0 amide bonds. The van der Waals surface area contributed by atoms with E-state index < -0.39 is 0 Å². The first kappa shape index (κ1) is 13.5. The van der Waals surface area contributed by atoms with Crippen LogP contribution < -0.4 is 5.32 Å². The van der Waals surface area contributed by atoms with Gasteiger partial charge in [0.05, 0.1) is 5.56 Å². The number of rotatable bonds is 4. The smallest absolute Gasteiger partial charge is 0.196 e. The van der Waals surface area contributed by atoms with Crippen molar-refractivity contribution >= 4 is 37.9 Å². The maximum absolute atomic E-state index is 12.8. The molecule has 0 saturated heterocycles. The molecule has 0 spiro atoms. The van der Waals surface area contributed by atoms with Gasteiger partial charge >= 0.3 is 0 Å². The third-order valence-corrected chi connectivity index (χ3v) is 4.47. The molecular weight excluding hydrogens is 284 g/mol. The Bertz CT molecular complexity index is 822. The van der Waals surface area contributed by atoms with Gasteiger partial charge in [0.2, 0.25) is 0 Å². The van der Waals surface area contributed by atoms with Crippen LogP contribution in [0.1, 0.15) is 15.9 Å². The minimum atomic E-state index is -0.0609. The van der Waals surface area contributed by atoms with E-state index in [2.05, 4.69) is 10.5 Å². The molecule has 21 heavy (non-hydrogen) atoms. The fourth-order valence-electron chi connectivity index (χ4n) is 2.26. The van der Waals surface area contributed by atoms with Crippen LogP contribution in [0.2, 0.25) is 0 Å². The van der Waals surface area contributed by atoms with Crippen LogP contribution in [-0.2, 0) is 0 Å². The summed E-state index contributed by atoms with van der Waals surface area (Å²) in [7, 11) is 1.81.